The van der Waals surface area contributed by atoms with Crippen molar-refractivity contribution in [1.29, 1.82) is 0 Å². The molecule has 0 aliphatic rings. The van der Waals surface area contributed by atoms with Crippen molar-refractivity contribution < 1.29 is 4.79 Å². The van der Waals surface area contributed by atoms with Crippen LogP contribution in [0.5, 0.6) is 0 Å². The van der Waals surface area contributed by atoms with Crippen LogP contribution in [0.1, 0.15) is 27.2 Å². The molecular weight excluding hydrogens is 124 g/mol. The third-order valence-corrected chi connectivity index (χ3v) is 1.36. The minimum atomic E-state index is 0.533. The van der Waals surface area contributed by atoms with Crippen LogP contribution in [0.25, 0.3) is 0 Å². The summed E-state index contributed by atoms with van der Waals surface area (Å²) in [7, 11) is 0. The average Bonchev–Trinajstić information content (AvgIpc) is 1.82. The van der Waals surface area contributed by atoms with Crippen molar-refractivity contribution in [2.24, 2.45) is 11.8 Å². The van der Waals surface area contributed by atoms with Crippen LogP contribution in [-0.2, 0) is 4.79 Å². The Morgan fingerprint density at radius 2 is 1.90 bits per heavy atom. The van der Waals surface area contributed by atoms with Gasteiger partial charge in [0.05, 0.1) is 0 Å². The number of carbonyl (C=O) groups excluding carboxylic acids is 1. The molecule has 10 heavy (non-hydrogen) atoms. The third-order valence-electron chi connectivity index (χ3n) is 1.36. The topological polar surface area (TPSA) is 17.1 Å². The van der Waals surface area contributed by atoms with Crippen LogP contribution in [0.4, 0.5) is 0 Å². The molecule has 0 spiro atoms. The molecule has 0 N–H and O–H groups in total. The van der Waals surface area contributed by atoms with Gasteiger partial charge in [-0.05, 0) is 24.3 Å². The normalized spacial score (nSPS) is 14.4. The van der Waals surface area contributed by atoms with Crippen LogP contribution in [0.3, 0.4) is 0 Å². The van der Waals surface area contributed by atoms with Crippen LogP contribution >= 0.6 is 0 Å². The van der Waals surface area contributed by atoms with Crippen LogP contribution in [0.2, 0.25) is 0 Å². The van der Waals surface area contributed by atoms with Gasteiger partial charge in [0.25, 0.3) is 0 Å². The monoisotopic (exact) mass is 140 g/mol. The molecule has 1 heteroatoms. The Labute approximate surface area is 63.1 Å². The van der Waals surface area contributed by atoms with E-state index in [9.17, 15) is 4.79 Å². The molecule has 58 valence electrons. The Kier molecular flexibility index (Phi) is 4.91. The maximum atomic E-state index is 9.91. The highest BCUT2D eigenvalue weighted by atomic mass is 16.1. The highest BCUT2D eigenvalue weighted by Gasteiger charge is 1.99. The Hall–Kier alpha value is -0.590. The van der Waals surface area contributed by atoms with Crippen molar-refractivity contribution in [3.05, 3.63) is 12.2 Å². The molecule has 0 fully saturated rings. The van der Waals surface area contributed by atoms with Gasteiger partial charge < -0.3 is 0 Å². The van der Waals surface area contributed by atoms with E-state index in [4.69, 9.17) is 0 Å². The van der Waals surface area contributed by atoms with E-state index >= 15 is 0 Å². The Morgan fingerprint density at radius 1 is 1.30 bits per heavy atom. The van der Waals surface area contributed by atoms with Gasteiger partial charge in [0, 0.05) is 0 Å². The predicted octanol–water partition coefficient (Wildman–Crippen LogP) is 2.42. The van der Waals surface area contributed by atoms with E-state index in [2.05, 4.69) is 20.8 Å². The summed E-state index contributed by atoms with van der Waals surface area (Å²) in [5.74, 6) is 1.25. The third kappa shape index (κ3) is 5.54. The molecule has 0 rings (SSSR count). The van der Waals surface area contributed by atoms with E-state index in [1.807, 2.05) is 6.08 Å². The van der Waals surface area contributed by atoms with E-state index in [1.54, 1.807) is 6.08 Å². The van der Waals surface area contributed by atoms with Gasteiger partial charge >= 0.3 is 0 Å². The van der Waals surface area contributed by atoms with Crippen molar-refractivity contribution in [1.82, 2.24) is 0 Å². The molecule has 0 saturated heterocycles. The number of allylic oxidation sites excluding steroid dienone is 2. The van der Waals surface area contributed by atoms with E-state index in [0.29, 0.717) is 11.8 Å². The predicted molar refractivity (Wildman–Crippen MR) is 43.8 cm³/mol. The van der Waals surface area contributed by atoms with Gasteiger partial charge in [-0.25, -0.2) is 0 Å². The zero-order valence-corrected chi connectivity index (χ0v) is 7.00. The van der Waals surface area contributed by atoms with Gasteiger partial charge in [0.15, 0.2) is 0 Å². The second kappa shape index (κ2) is 5.21. The zero-order chi connectivity index (χ0) is 7.98. The number of hydrogen-bond donors (Lipinski definition) is 0. The summed E-state index contributed by atoms with van der Waals surface area (Å²) in [6.07, 6.45) is 5.52. The van der Waals surface area contributed by atoms with Crippen molar-refractivity contribution in [3.8, 4) is 0 Å². The zero-order valence-electron chi connectivity index (χ0n) is 7.00. The van der Waals surface area contributed by atoms with E-state index in [-0.39, 0.29) is 0 Å². The average molecular weight is 140 g/mol. The van der Waals surface area contributed by atoms with Crippen molar-refractivity contribution in [2.45, 2.75) is 27.2 Å². The summed E-state index contributed by atoms with van der Waals surface area (Å²) >= 11 is 0. The molecular formula is C9H16O. The maximum Gasteiger partial charge on any atom is 0.142 e. The lowest BCUT2D eigenvalue weighted by Crippen LogP contribution is -1.95. The highest BCUT2D eigenvalue weighted by Crippen LogP contribution is 2.11. The molecule has 0 amide bonds. The molecule has 0 aliphatic carbocycles. The van der Waals surface area contributed by atoms with Gasteiger partial charge in [0.1, 0.15) is 6.29 Å². The first kappa shape index (κ1) is 9.41. The summed E-state index contributed by atoms with van der Waals surface area (Å²) in [6, 6.07) is 0. The number of carbonyl (C=O) groups is 1. The van der Waals surface area contributed by atoms with E-state index < -0.39 is 0 Å². The molecule has 0 aliphatic heterocycles. The Morgan fingerprint density at radius 3 is 2.30 bits per heavy atom. The lowest BCUT2D eigenvalue weighted by molar-refractivity contribution is -0.104. The van der Waals surface area contributed by atoms with Gasteiger partial charge in [-0.2, -0.15) is 0 Å². The van der Waals surface area contributed by atoms with Crippen molar-refractivity contribution in [2.75, 3.05) is 0 Å². The molecule has 0 heterocycles. The molecule has 0 aromatic carbocycles. The second-order valence-corrected chi connectivity index (χ2v) is 3.13. The fourth-order valence-electron chi connectivity index (χ4n) is 1.06. The van der Waals surface area contributed by atoms with Crippen LogP contribution in [0.15, 0.2) is 12.2 Å². The molecule has 1 unspecified atom stereocenters. The highest BCUT2D eigenvalue weighted by molar-refractivity contribution is 5.64. The fourth-order valence-corrected chi connectivity index (χ4v) is 1.06. The minimum absolute atomic E-state index is 0.533. The molecule has 0 radical (unpaired) electrons. The van der Waals surface area contributed by atoms with E-state index in [0.717, 1.165) is 12.7 Å². The van der Waals surface area contributed by atoms with Gasteiger partial charge in [0.2, 0.25) is 0 Å². The summed E-state index contributed by atoms with van der Waals surface area (Å²) < 4.78 is 0. The molecule has 0 bridgehead atoms. The standard InChI is InChI=1S/C9H16O/c1-8(2)7-9(3)5-4-6-10/h4-6,8-9H,7H2,1-3H3. The van der Waals surface area contributed by atoms with Crippen LogP contribution < -0.4 is 0 Å². The quantitative estimate of drug-likeness (QED) is 0.433. The molecule has 0 saturated carbocycles. The number of rotatable bonds is 4. The first-order chi connectivity index (χ1) is 4.66. The second-order valence-electron chi connectivity index (χ2n) is 3.13. The summed E-state index contributed by atoms with van der Waals surface area (Å²) in [5, 5.41) is 0. The SMILES string of the molecule is CC(C)CC(C)C=CC=O. The van der Waals surface area contributed by atoms with Crippen LogP contribution in [-0.4, -0.2) is 6.29 Å². The van der Waals surface area contributed by atoms with Gasteiger partial charge in [-0.3, -0.25) is 4.79 Å². The number of aldehydes is 1. The van der Waals surface area contributed by atoms with Crippen molar-refractivity contribution >= 4 is 6.29 Å². The maximum absolute atomic E-state index is 9.91. The van der Waals surface area contributed by atoms with Crippen molar-refractivity contribution in [3.63, 3.8) is 0 Å². The van der Waals surface area contributed by atoms with Crippen LogP contribution in [0, 0.1) is 11.8 Å². The van der Waals surface area contributed by atoms with E-state index in [1.165, 1.54) is 0 Å². The lowest BCUT2D eigenvalue weighted by atomic mass is 9.99. The molecule has 1 atom stereocenters. The Balaban J connectivity index is 3.52. The molecule has 0 aromatic heterocycles. The molecule has 0 aromatic rings. The summed E-state index contributed by atoms with van der Waals surface area (Å²) in [6.45, 7) is 6.50. The smallest absolute Gasteiger partial charge is 0.142 e. The lowest BCUT2D eigenvalue weighted by Gasteiger charge is -2.07. The summed E-state index contributed by atoms with van der Waals surface area (Å²) in [4.78, 5) is 9.91. The van der Waals surface area contributed by atoms with Gasteiger partial charge in [-0.1, -0.05) is 26.8 Å². The minimum Gasteiger partial charge on any atom is -0.299 e. The Bertz CT molecular complexity index is 114. The van der Waals surface area contributed by atoms with Gasteiger partial charge in [-0.15, -0.1) is 0 Å². The first-order valence-electron chi connectivity index (χ1n) is 3.78. The first-order valence-corrected chi connectivity index (χ1v) is 3.78. The fraction of sp³-hybridized carbons (Fsp3) is 0.667. The number of hydrogen-bond acceptors (Lipinski definition) is 1. The largest absolute Gasteiger partial charge is 0.299 e. The molecule has 1 nitrogen and oxygen atoms in total. The summed E-state index contributed by atoms with van der Waals surface area (Å²) in [5.41, 5.74) is 0.